The molecule has 4 heteroatoms. The topological polar surface area (TPSA) is 52.6 Å². The number of hydrogen-bond acceptors (Lipinski definition) is 4. The summed E-state index contributed by atoms with van der Waals surface area (Å²) < 4.78 is 9.24. The molecule has 4 nitrogen and oxygen atoms in total. The first-order chi connectivity index (χ1) is 8.97. The van der Waals surface area contributed by atoms with Gasteiger partial charge < -0.3 is 9.47 Å². The minimum Gasteiger partial charge on any atom is -0.469 e. The maximum absolute atomic E-state index is 11.6. The van der Waals surface area contributed by atoms with Crippen molar-refractivity contribution >= 4 is 18.0 Å². The minimum atomic E-state index is -0.524. The average Bonchev–Trinajstić information content (AvgIpc) is 2.41. The molecule has 1 aromatic rings. The molecule has 0 aliphatic carbocycles. The summed E-state index contributed by atoms with van der Waals surface area (Å²) in [6.07, 6.45) is 1.55. The summed E-state index contributed by atoms with van der Waals surface area (Å²) in [5.74, 6) is -0.996. The second kappa shape index (κ2) is 6.73. The van der Waals surface area contributed by atoms with Crippen LogP contribution in [0.3, 0.4) is 0 Å². The second-order valence-corrected chi connectivity index (χ2v) is 4.26. The molecule has 0 spiro atoms. The average molecular weight is 262 g/mol. The molecule has 0 atom stereocenters. The van der Waals surface area contributed by atoms with E-state index >= 15 is 0 Å². The van der Waals surface area contributed by atoms with E-state index < -0.39 is 11.9 Å². The van der Waals surface area contributed by atoms with E-state index in [1.807, 2.05) is 32.0 Å². The van der Waals surface area contributed by atoms with Gasteiger partial charge in [0.2, 0.25) is 0 Å². The number of ether oxygens (including phenoxy) is 2. The summed E-state index contributed by atoms with van der Waals surface area (Å²) in [7, 11) is 2.57. The zero-order valence-electron chi connectivity index (χ0n) is 11.6. The van der Waals surface area contributed by atoms with Crippen molar-refractivity contribution in [1.82, 2.24) is 0 Å². The number of aryl methyl sites for hydroxylation is 2. The molecule has 0 radical (unpaired) electrons. The minimum absolute atomic E-state index is 0.101. The van der Waals surface area contributed by atoms with Crippen molar-refractivity contribution in [2.24, 2.45) is 0 Å². The van der Waals surface area contributed by atoms with Gasteiger partial charge in [-0.25, -0.2) is 4.79 Å². The van der Waals surface area contributed by atoms with Crippen LogP contribution in [-0.2, 0) is 19.1 Å². The Balaban J connectivity index is 3.08. The van der Waals surface area contributed by atoms with Crippen LogP contribution in [0.2, 0.25) is 0 Å². The van der Waals surface area contributed by atoms with Crippen LogP contribution in [0.1, 0.15) is 23.1 Å². The zero-order valence-corrected chi connectivity index (χ0v) is 11.6. The molecule has 0 aromatic heterocycles. The Hall–Kier alpha value is -2.10. The zero-order chi connectivity index (χ0) is 14.4. The third-order valence-electron chi connectivity index (χ3n) is 2.88. The van der Waals surface area contributed by atoms with Crippen LogP contribution in [-0.4, -0.2) is 26.2 Å². The molecule has 1 aromatic carbocycles. The largest absolute Gasteiger partial charge is 0.469 e. The maximum atomic E-state index is 11.6. The van der Waals surface area contributed by atoms with E-state index in [2.05, 4.69) is 9.47 Å². The van der Waals surface area contributed by atoms with Crippen molar-refractivity contribution < 1.29 is 19.1 Å². The number of carbonyl (C=O) groups excluding carboxylic acids is 2. The molecule has 0 bridgehead atoms. The summed E-state index contributed by atoms with van der Waals surface area (Å²) in [5, 5.41) is 0. The molecular weight excluding hydrogens is 244 g/mol. The van der Waals surface area contributed by atoms with Crippen molar-refractivity contribution in [3.8, 4) is 0 Å². The lowest BCUT2D eigenvalue weighted by atomic mass is 10.0. The number of benzene rings is 1. The normalized spacial score (nSPS) is 11.1. The fourth-order valence-electron chi connectivity index (χ4n) is 1.60. The first kappa shape index (κ1) is 15.0. The van der Waals surface area contributed by atoms with Crippen molar-refractivity contribution in [3.63, 3.8) is 0 Å². The van der Waals surface area contributed by atoms with Crippen LogP contribution < -0.4 is 0 Å². The van der Waals surface area contributed by atoms with E-state index in [1.165, 1.54) is 19.8 Å². The highest BCUT2D eigenvalue weighted by Gasteiger charge is 2.14. The molecule has 0 aliphatic heterocycles. The Morgan fingerprint density at radius 1 is 1.11 bits per heavy atom. The van der Waals surface area contributed by atoms with Gasteiger partial charge in [-0.3, -0.25) is 4.79 Å². The van der Waals surface area contributed by atoms with Crippen molar-refractivity contribution in [1.29, 1.82) is 0 Å². The molecule has 0 heterocycles. The molecule has 0 aliphatic rings. The molecule has 102 valence electrons. The fourth-order valence-corrected chi connectivity index (χ4v) is 1.60. The van der Waals surface area contributed by atoms with Gasteiger partial charge in [0.15, 0.2) is 0 Å². The maximum Gasteiger partial charge on any atom is 0.334 e. The Morgan fingerprint density at radius 2 is 1.79 bits per heavy atom. The lowest BCUT2D eigenvalue weighted by molar-refractivity contribution is -0.143. The van der Waals surface area contributed by atoms with Gasteiger partial charge in [-0.05, 0) is 36.6 Å². The molecule has 0 amide bonds. The monoisotopic (exact) mass is 262 g/mol. The third-order valence-corrected chi connectivity index (χ3v) is 2.88. The summed E-state index contributed by atoms with van der Waals surface area (Å²) >= 11 is 0. The van der Waals surface area contributed by atoms with Crippen LogP contribution in [0.25, 0.3) is 6.08 Å². The van der Waals surface area contributed by atoms with E-state index in [0.29, 0.717) is 0 Å². The first-order valence-corrected chi connectivity index (χ1v) is 5.91. The quantitative estimate of drug-likeness (QED) is 0.617. The standard InChI is InChI=1S/C15H18O4/c1-10-5-6-12(7-11(10)2)8-13(15(17)19-4)9-14(16)18-3/h5-8H,9H2,1-4H3/b13-8+. The summed E-state index contributed by atoms with van der Waals surface area (Å²) in [5.41, 5.74) is 3.42. The first-order valence-electron chi connectivity index (χ1n) is 5.91. The van der Waals surface area contributed by atoms with Crippen molar-refractivity contribution in [3.05, 3.63) is 40.5 Å². The van der Waals surface area contributed by atoms with Crippen molar-refractivity contribution in [2.45, 2.75) is 20.3 Å². The van der Waals surface area contributed by atoms with E-state index in [1.54, 1.807) is 6.08 Å². The molecule has 1 rings (SSSR count). The Morgan fingerprint density at radius 3 is 2.32 bits per heavy atom. The molecule has 0 N–H and O–H groups in total. The van der Waals surface area contributed by atoms with Gasteiger partial charge in [-0.15, -0.1) is 0 Å². The van der Waals surface area contributed by atoms with Gasteiger partial charge in [-0.2, -0.15) is 0 Å². The van der Waals surface area contributed by atoms with E-state index in [4.69, 9.17) is 0 Å². The van der Waals surface area contributed by atoms with E-state index in [9.17, 15) is 9.59 Å². The molecule has 0 fully saturated rings. The van der Waals surface area contributed by atoms with Gasteiger partial charge >= 0.3 is 11.9 Å². The van der Waals surface area contributed by atoms with Gasteiger partial charge in [0.1, 0.15) is 0 Å². The van der Waals surface area contributed by atoms with Gasteiger partial charge in [-0.1, -0.05) is 18.2 Å². The highest BCUT2D eigenvalue weighted by Crippen LogP contribution is 2.16. The van der Waals surface area contributed by atoms with Gasteiger partial charge in [0.05, 0.1) is 20.6 Å². The number of hydrogen-bond donors (Lipinski definition) is 0. The van der Waals surface area contributed by atoms with Crippen LogP contribution in [0.4, 0.5) is 0 Å². The Bertz CT molecular complexity index is 515. The molecule has 0 unspecified atom stereocenters. The predicted molar refractivity (Wildman–Crippen MR) is 72.5 cm³/mol. The van der Waals surface area contributed by atoms with Gasteiger partial charge in [0.25, 0.3) is 0 Å². The van der Waals surface area contributed by atoms with Crippen molar-refractivity contribution in [2.75, 3.05) is 14.2 Å². The predicted octanol–water partition coefficient (Wildman–Crippen LogP) is 2.42. The summed E-state index contributed by atoms with van der Waals surface area (Å²) in [6, 6.07) is 5.81. The third kappa shape index (κ3) is 4.25. The number of esters is 2. The second-order valence-electron chi connectivity index (χ2n) is 4.26. The number of rotatable bonds is 4. The van der Waals surface area contributed by atoms with Crippen LogP contribution >= 0.6 is 0 Å². The Labute approximate surface area is 113 Å². The smallest absolute Gasteiger partial charge is 0.334 e. The lowest BCUT2D eigenvalue weighted by Crippen LogP contribution is -2.11. The highest BCUT2D eigenvalue weighted by molar-refractivity contribution is 5.98. The van der Waals surface area contributed by atoms with E-state index in [-0.39, 0.29) is 12.0 Å². The van der Waals surface area contributed by atoms with Crippen LogP contribution in [0.5, 0.6) is 0 Å². The molecule has 0 saturated heterocycles. The Kier molecular flexibility index (Phi) is 5.30. The lowest BCUT2D eigenvalue weighted by Gasteiger charge is -2.06. The molecular formula is C15H18O4. The number of methoxy groups -OCH3 is 2. The van der Waals surface area contributed by atoms with Crippen LogP contribution in [0.15, 0.2) is 23.8 Å². The van der Waals surface area contributed by atoms with Gasteiger partial charge in [0, 0.05) is 5.57 Å². The number of carbonyl (C=O) groups is 2. The summed E-state index contributed by atoms with van der Waals surface area (Å²) in [6.45, 7) is 4.00. The molecule has 0 saturated carbocycles. The fraction of sp³-hybridized carbons (Fsp3) is 0.333. The van der Waals surface area contributed by atoms with Crippen LogP contribution in [0, 0.1) is 13.8 Å². The highest BCUT2D eigenvalue weighted by atomic mass is 16.5. The summed E-state index contributed by atoms with van der Waals surface area (Å²) in [4.78, 5) is 22.9. The van der Waals surface area contributed by atoms with E-state index in [0.717, 1.165) is 11.1 Å². The molecule has 19 heavy (non-hydrogen) atoms. The SMILES string of the molecule is COC(=O)C/C(=C\c1ccc(C)c(C)c1)C(=O)OC.